The van der Waals surface area contributed by atoms with Crippen molar-refractivity contribution in [2.24, 2.45) is 5.92 Å². The average molecular weight is 481 g/mol. The number of ether oxygens (including phenoxy) is 2. The van der Waals surface area contributed by atoms with Gasteiger partial charge in [0.1, 0.15) is 12.1 Å². The van der Waals surface area contributed by atoms with E-state index >= 15 is 0 Å². The molecule has 3 aromatic rings. The van der Waals surface area contributed by atoms with E-state index in [-0.39, 0.29) is 16.6 Å². The minimum atomic E-state index is -3.21. The largest absolute Gasteiger partial charge is 0.493 e. The van der Waals surface area contributed by atoms with Gasteiger partial charge in [0.25, 0.3) is 0 Å². The van der Waals surface area contributed by atoms with Crippen molar-refractivity contribution in [2.75, 3.05) is 38.4 Å². The molecule has 11 heteroatoms. The lowest BCUT2D eigenvalue weighted by Gasteiger charge is -2.17. The second kappa shape index (κ2) is 9.05. The van der Waals surface area contributed by atoms with Gasteiger partial charge < -0.3 is 14.8 Å². The van der Waals surface area contributed by atoms with E-state index in [2.05, 4.69) is 15.3 Å². The van der Waals surface area contributed by atoms with Gasteiger partial charge in [-0.1, -0.05) is 17.7 Å². The lowest BCUT2D eigenvalue weighted by Crippen LogP contribution is -2.28. The Morgan fingerprint density at radius 1 is 1.28 bits per heavy atom. The number of rotatable bonds is 7. The molecule has 0 bridgehead atoms. The molecule has 0 saturated carbocycles. The Morgan fingerprint density at radius 2 is 2.09 bits per heavy atom. The Morgan fingerprint density at radius 3 is 2.81 bits per heavy atom. The van der Waals surface area contributed by atoms with Crippen molar-refractivity contribution in [3.8, 4) is 11.5 Å². The standard InChI is InChI=1S/C21H22ClFN4O4S/c1-30-18-9-17-14(8-19(18)31-11-13-6-7-27(10-13)32(2,28)29)21(25-12-24-17)26-16-5-3-4-15(22)20(16)23/h3-5,8-9,12-13H,6-7,10-11H2,1-2H3,(H,24,25,26)/t13-/m1/s1. The second-order valence-corrected chi connectivity index (χ2v) is 9.95. The van der Waals surface area contributed by atoms with Gasteiger partial charge in [0.2, 0.25) is 10.0 Å². The molecule has 8 nitrogen and oxygen atoms in total. The minimum absolute atomic E-state index is 0.00115. The highest BCUT2D eigenvalue weighted by atomic mass is 35.5. The molecular weight excluding hydrogens is 459 g/mol. The third kappa shape index (κ3) is 4.72. The van der Waals surface area contributed by atoms with Gasteiger partial charge in [0.05, 0.1) is 36.2 Å². The summed E-state index contributed by atoms with van der Waals surface area (Å²) in [6.07, 6.45) is 3.29. The van der Waals surface area contributed by atoms with Crippen LogP contribution in [-0.2, 0) is 10.0 Å². The van der Waals surface area contributed by atoms with Crippen LogP contribution < -0.4 is 14.8 Å². The van der Waals surface area contributed by atoms with E-state index in [0.717, 1.165) is 0 Å². The Hall–Kier alpha value is -2.69. The molecule has 170 valence electrons. The number of sulfonamides is 1. The normalized spacial score (nSPS) is 16.9. The number of nitrogens with zero attached hydrogens (tertiary/aromatic N) is 3. The average Bonchev–Trinajstić information content (AvgIpc) is 3.25. The van der Waals surface area contributed by atoms with Crippen molar-refractivity contribution in [1.29, 1.82) is 0 Å². The number of halogens is 2. The molecule has 4 rings (SSSR count). The molecule has 2 aromatic carbocycles. The van der Waals surface area contributed by atoms with Crippen LogP contribution in [0.5, 0.6) is 11.5 Å². The maximum Gasteiger partial charge on any atom is 0.211 e. The predicted molar refractivity (Wildman–Crippen MR) is 121 cm³/mol. The highest BCUT2D eigenvalue weighted by Crippen LogP contribution is 2.36. The smallest absolute Gasteiger partial charge is 0.211 e. The van der Waals surface area contributed by atoms with Gasteiger partial charge >= 0.3 is 0 Å². The van der Waals surface area contributed by atoms with Gasteiger partial charge in [-0.25, -0.2) is 27.1 Å². The molecule has 1 fully saturated rings. The zero-order valence-electron chi connectivity index (χ0n) is 17.5. The van der Waals surface area contributed by atoms with Crippen molar-refractivity contribution in [3.05, 3.63) is 47.5 Å². The van der Waals surface area contributed by atoms with Gasteiger partial charge in [-0.15, -0.1) is 0 Å². The molecule has 0 amide bonds. The summed E-state index contributed by atoms with van der Waals surface area (Å²) < 4.78 is 50.8. The molecule has 1 aliphatic heterocycles. The summed E-state index contributed by atoms with van der Waals surface area (Å²) in [5, 5.41) is 3.56. The number of hydrogen-bond donors (Lipinski definition) is 1. The third-order valence-corrected chi connectivity index (χ3v) is 6.88. The van der Waals surface area contributed by atoms with E-state index in [1.54, 1.807) is 24.3 Å². The first-order chi connectivity index (χ1) is 15.3. The zero-order valence-corrected chi connectivity index (χ0v) is 19.1. The van der Waals surface area contributed by atoms with Crippen LogP contribution in [0.1, 0.15) is 6.42 Å². The molecule has 32 heavy (non-hydrogen) atoms. The van der Waals surface area contributed by atoms with Crippen molar-refractivity contribution < 1.29 is 22.3 Å². The zero-order chi connectivity index (χ0) is 22.9. The number of aromatic nitrogens is 2. The van der Waals surface area contributed by atoms with Crippen LogP contribution in [-0.4, -0.2) is 55.8 Å². The maximum atomic E-state index is 14.4. The fraction of sp³-hybridized carbons (Fsp3) is 0.333. The molecule has 1 N–H and O–H groups in total. The number of hydrogen-bond acceptors (Lipinski definition) is 7. The highest BCUT2D eigenvalue weighted by molar-refractivity contribution is 7.88. The van der Waals surface area contributed by atoms with Crippen molar-refractivity contribution >= 4 is 44.0 Å². The number of anilines is 2. The number of benzene rings is 2. The summed E-state index contributed by atoms with van der Waals surface area (Å²) in [6.45, 7) is 1.22. The maximum absolute atomic E-state index is 14.4. The molecule has 1 aliphatic rings. The molecule has 0 unspecified atom stereocenters. The highest BCUT2D eigenvalue weighted by Gasteiger charge is 2.29. The number of nitrogens with one attached hydrogen (secondary N) is 1. The minimum Gasteiger partial charge on any atom is -0.493 e. The fourth-order valence-electron chi connectivity index (χ4n) is 3.61. The van der Waals surface area contributed by atoms with E-state index in [1.807, 2.05) is 0 Å². The van der Waals surface area contributed by atoms with E-state index in [4.69, 9.17) is 21.1 Å². The first-order valence-electron chi connectivity index (χ1n) is 9.88. The van der Waals surface area contributed by atoms with E-state index in [0.29, 0.717) is 54.3 Å². The molecular formula is C21H22ClFN4O4S. The molecule has 1 aromatic heterocycles. The van der Waals surface area contributed by atoms with Crippen LogP contribution in [0.4, 0.5) is 15.9 Å². The quantitative estimate of drug-likeness (QED) is 0.549. The lowest BCUT2D eigenvalue weighted by molar-refractivity contribution is 0.244. The summed E-state index contributed by atoms with van der Waals surface area (Å²) in [5.41, 5.74) is 0.765. The molecule has 1 atom stereocenters. The lowest BCUT2D eigenvalue weighted by atomic mass is 10.1. The van der Waals surface area contributed by atoms with E-state index < -0.39 is 15.8 Å². The van der Waals surface area contributed by atoms with Crippen molar-refractivity contribution in [1.82, 2.24) is 14.3 Å². The topological polar surface area (TPSA) is 93.7 Å². The van der Waals surface area contributed by atoms with Crippen molar-refractivity contribution in [3.63, 3.8) is 0 Å². The van der Waals surface area contributed by atoms with Gasteiger partial charge in [0, 0.05) is 30.5 Å². The Kier molecular flexibility index (Phi) is 6.36. The number of methoxy groups -OCH3 is 1. The van der Waals surface area contributed by atoms with Crippen LogP contribution >= 0.6 is 11.6 Å². The van der Waals surface area contributed by atoms with E-state index in [1.165, 1.54) is 30.1 Å². The summed E-state index contributed by atoms with van der Waals surface area (Å²) >= 11 is 5.88. The van der Waals surface area contributed by atoms with Crippen LogP contribution in [0.25, 0.3) is 10.9 Å². The van der Waals surface area contributed by atoms with Crippen LogP contribution in [0.15, 0.2) is 36.7 Å². The first-order valence-corrected chi connectivity index (χ1v) is 12.1. The Bertz CT molecular complexity index is 1260. The van der Waals surface area contributed by atoms with Gasteiger partial charge in [-0.3, -0.25) is 0 Å². The van der Waals surface area contributed by atoms with Crippen LogP contribution in [0.2, 0.25) is 5.02 Å². The summed E-state index contributed by atoms with van der Waals surface area (Å²) in [6, 6.07) is 8.09. The summed E-state index contributed by atoms with van der Waals surface area (Å²) in [7, 11) is -1.69. The third-order valence-electron chi connectivity index (χ3n) is 5.32. The van der Waals surface area contributed by atoms with Gasteiger partial charge in [-0.2, -0.15) is 0 Å². The van der Waals surface area contributed by atoms with Crippen LogP contribution in [0.3, 0.4) is 0 Å². The fourth-order valence-corrected chi connectivity index (χ4v) is 4.70. The molecule has 1 saturated heterocycles. The number of fused-ring (bicyclic) bond motifs is 1. The molecule has 0 aliphatic carbocycles. The van der Waals surface area contributed by atoms with Crippen LogP contribution in [0, 0.1) is 11.7 Å². The molecule has 0 spiro atoms. The predicted octanol–water partition coefficient (Wildman–Crippen LogP) is 3.83. The Labute approximate surface area is 190 Å². The van der Waals surface area contributed by atoms with Gasteiger partial charge in [-0.05, 0) is 24.6 Å². The summed E-state index contributed by atoms with van der Waals surface area (Å²) in [5.74, 6) is 0.807. The monoisotopic (exact) mass is 480 g/mol. The Balaban J connectivity index is 1.60. The molecule has 2 heterocycles. The van der Waals surface area contributed by atoms with E-state index in [9.17, 15) is 12.8 Å². The SMILES string of the molecule is COc1cc2ncnc(Nc3cccc(Cl)c3F)c2cc1OC[C@@H]1CCN(S(C)(=O)=O)C1. The van der Waals surface area contributed by atoms with Gasteiger partial charge in [0.15, 0.2) is 17.3 Å². The summed E-state index contributed by atoms with van der Waals surface area (Å²) in [4.78, 5) is 8.51. The van der Waals surface area contributed by atoms with Crippen molar-refractivity contribution in [2.45, 2.75) is 6.42 Å². The first kappa shape index (κ1) is 22.5. The molecule has 0 radical (unpaired) electrons. The second-order valence-electron chi connectivity index (χ2n) is 7.56.